The molecule has 1 aromatic rings. The molecule has 0 bridgehead atoms. The molecule has 0 fully saturated rings. The molecule has 0 saturated heterocycles. The lowest BCUT2D eigenvalue weighted by atomic mass is 10.1. The van der Waals surface area contributed by atoms with Gasteiger partial charge in [-0.05, 0) is 23.6 Å². The van der Waals surface area contributed by atoms with Gasteiger partial charge in [0, 0.05) is 6.54 Å². The molecule has 1 atom stereocenters. The SMILES string of the molecule is CC(C)CONC(=O)NCC(O)c1ccc(Cl)c(F)c1. The molecule has 1 rings (SSSR count). The van der Waals surface area contributed by atoms with E-state index in [1.54, 1.807) is 0 Å². The van der Waals surface area contributed by atoms with Crippen molar-refractivity contribution in [2.75, 3.05) is 13.2 Å². The van der Waals surface area contributed by atoms with Crippen LogP contribution in [0.2, 0.25) is 5.02 Å². The van der Waals surface area contributed by atoms with Crippen LogP contribution >= 0.6 is 11.6 Å². The Morgan fingerprint density at radius 3 is 2.80 bits per heavy atom. The number of hydrogen-bond acceptors (Lipinski definition) is 3. The molecule has 2 amide bonds. The van der Waals surface area contributed by atoms with Gasteiger partial charge in [0.2, 0.25) is 0 Å². The molecule has 0 spiro atoms. The Morgan fingerprint density at radius 2 is 2.20 bits per heavy atom. The molecule has 0 aromatic heterocycles. The Morgan fingerprint density at radius 1 is 1.50 bits per heavy atom. The highest BCUT2D eigenvalue weighted by Gasteiger charge is 2.11. The van der Waals surface area contributed by atoms with Crippen LogP contribution < -0.4 is 10.8 Å². The van der Waals surface area contributed by atoms with Crippen LogP contribution in [0.1, 0.15) is 25.5 Å². The Bertz CT molecular complexity index is 457. The average Bonchev–Trinajstić information content (AvgIpc) is 2.38. The molecule has 0 aliphatic rings. The highest BCUT2D eigenvalue weighted by atomic mass is 35.5. The fourth-order valence-corrected chi connectivity index (χ4v) is 1.45. The van der Waals surface area contributed by atoms with E-state index in [0.717, 1.165) is 6.07 Å². The van der Waals surface area contributed by atoms with Crippen molar-refractivity contribution in [3.63, 3.8) is 0 Å². The quantitative estimate of drug-likeness (QED) is 0.707. The molecule has 0 aliphatic carbocycles. The predicted molar refractivity (Wildman–Crippen MR) is 73.7 cm³/mol. The monoisotopic (exact) mass is 304 g/mol. The number of carbonyl (C=O) groups is 1. The van der Waals surface area contributed by atoms with Gasteiger partial charge in [0.05, 0.1) is 17.7 Å². The number of amides is 2. The highest BCUT2D eigenvalue weighted by Crippen LogP contribution is 2.19. The minimum absolute atomic E-state index is 0.0197. The summed E-state index contributed by atoms with van der Waals surface area (Å²) in [5.41, 5.74) is 2.51. The van der Waals surface area contributed by atoms with E-state index in [4.69, 9.17) is 16.4 Å². The van der Waals surface area contributed by atoms with Crippen LogP contribution in [0.5, 0.6) is 0 Å². The Hall–Kier alpha value is -1.37. The van der Waals surface area contributed by atoms with Crippen molar-refractivity contribution < 1.29 is 19.1 Å². The summed E-state index contributed by atoms with van der Waals surface area (Å²) in [6.45, 7) is 4.20. The second kappa shape index (κ2) is 8.04. The lowest BCUT2D eigenvalue weighted by molar-refractivity contribution is 0.0429. The molecule has 0 aliphatic heterocycles. The molecule has 0 radical (unpaired) electrons. The summed E-state index contributed by atoms with van der Waals surface area (Å²) in [5, 5.41) is 12.2. The number of aliphatic hydroxyl groups is 1. The number of halogens is 2. The minimum atomic E-state index is -1.03. The third-order valence-corrected chi connectivity index (χ3v) is 2.67. The maximum absolute atomic E-state index is 13.2. The van der Waals surface area contributed by atoms with Crippen LogP contribution in [-0.4, -0.2) is 24.3 Å². The van der Waals surface area contributed by atoms with Crippen molar-refractivity contribution in [2.45, 2.75) is 20.0 Å². The summed E-state index contributed by atoms with van der Waals surface area (Å²) >= 11 is 5.54. The lowest BCUT2D eigenvalue weighted by Crippen LogP contribution is -2.38. The molecule has 0 heterocycles. The van der Waals surface area contributed by atoms with Gasteiger partial charge in [0.1, 0.15) is 5.82 Å². The summed E-state index contributed by atoms with van der Waals surface area (Å²) in [5.74, 6) is -0.328. The molecule has 0 saturated carbocycles. The van der Waals surface area contributed by atoms with Gasteiger partial charge in [-0.1, -0.05) is 31.5 Å². The van der Waals surface area contributed by atoms with Crippen molar-refractivity contribution in [3.05, 3.63) is 34.6 Å². The fourth-order valence-electron chi connectivity index (χ4n) is 1.34. The molecule has 5 nitrogen and oxygen atoms in total. The van der Waals surface area contributed by atoms with E-state index >= 15 is 0 Å². The van der Waals surface area contributed by atoms with Crippen LogP contribution in [0.4, 0.5) is 9.18 Å². The molecule has 3 N–H and O–H groups in total. The molecular weight excluding hydrogens is 287 g/mol. The molecule has 1 aromatic carbocycles. The summed E-state index contributed by atoms with van der Waals surface area (Å²) in [6, 6.07) is 3.40. The van der Waals surface area contributed by atoms with Gasteiger partial charge in [-0.2, -0.15) is 0 Å². The van der Waals surface area contributed by atoms with Crippen molar-refractivity contribution in [1.29, 1.82) is 0 Å². The molecule has 20 heavy (non-hydrogen) atoms. The summed E-state index contributed by atoms with van der Waals surface area (Å²) in [4.78, 5) is 16.2. The number of carbonyl (C=O) groups excluding carboxylic acids is 1. The van der Waals surface area contributed by atoms with Gasteiger partial charge in [-0.25, -0.2) is 14.7 Å². The van der Waals surface area contributed by atoms with Crippen LogP contribution in [-0.2, 0) is 4.84 Å². The van der Waals surface area contributed by atoms with Crippen LogP contribution in [0, 0.1) is 11.7 Å². The smallest absolute Gasteiger partial charge is 0.338 e. The van der Waals surface area contributed by atoms with Crippen molar-refractivity contribution in [1.82, 2.24) is 10.8 Å². The van der Waals surface area contributed by atoms with Gasteiger partial charge < -0.3 is 10.4 Å². The molecule has 1 unspecified atom stereocenters. The van der Waals surface area contributed by atoms with E-state index in [1.165, 1.54) is 12.1 Å². The minimum Gasteiger partial charge on any atom is -0.387 e. The van der Waals surface area contributed by atoms with Gasteiger partial charge >= 0.3 is 6.03 Å². The summed E-state index contributed by atoms with van der Waals surface area (Å²) in [6.07, 6.45) is -1.03. The summed E-state index contributed by atoms with van der Waals surface area (Å²) in [7, 11) is 0. The largest absolute Gasteiger partial charge is 0.387 e. The first-order valence-electron chi connectivity index (χ1n) is 6.18. The predicted octanol–water partition coefficient (Wildman–Crippen LogP) is 2.40. The number of nitrogens with one attached hydrogen (secondary N) is 2. The second-order valence-corrected chi connectivity index (χ2v) is 5.11. The Labute approximate surface area is 122 Å². The second-order valence-electron chi connectivity index (χ2n) is 4.71. The van der Waals surface area contributed by atoms with E-state index in [0.29, 0.717) is 12.2 Å². The zero-order valence-corrected chi connectivity index (χ0v) is 12.1. The maximum Gasteiger partial charge on any atom is 0.338 e. The number of benzene rings is 1. The number of hydrogen-bond donors (Lipinski definition) is 3. The topological polar surface area (TPSA) is 70.6 Å². The first-order valence-corrected chi connectivity index (χ1v) is 6.56. The number of rotatable bonds is 6. The maximum atomic E-state index is 13.2. The third-order valence-electron chi connectivity index (χ3n) is 2.37. The summed E-state index contributed by atoms with van der Waals surface area (Å²) < 4.78 is 13.2. The van der Waals surface area contributed by atoms with Gasteiger partial charge in [-0.3, -0.25) is 4.84 Å². The Balaban J connectivity index is 2.37. The lowest BCUT2D eigenvalue weighted by Gasteiger charge is -2.13. The standard InChI is InChI=1S/C13H18ClFN2O3/c1-8(2)7-20-17-13(19)16-6-12(18)9-3-4-10(14)11(15)5-9/h3-5,8,12,18H,6-7H2,1-2H3,(H2,16,17,19). The number of aliphatic hydroxyl groups excluding tert-OH is 1. The normalized spacial score (nSPS) is 12.3. The van der Waals surface area contributed by atoms with Crippen LogP contribution in [0.3, 0.4) is 0 Å². The molecular formula is C13H18ClFN2O3. The molecule has 112 valence electrons. The van der Waals surface area contributed by atoms with Crippen LogP contribution in [0.25, 0.3) is 0 Å². The average molecular weight is 305 g/mol. The zero-order valence-electron chi connectivity index (χ0n) is 11.3. The van der Waals surface area contributed by atoms with Gasteiger partial charge in [-0.15, -0.1) is 0 Å². The zero-order chi connectivity index (χ0) is 15.1. The molecule has 7 heteroatoms. The van der Waals surface area contributed by atoms with Crippen molar-refractivity contribution in [3.8, 4) is 0 Å². The number of urea groups is 1. The number of hydroxylamine groups is 1. The highest BCUT2D eigenvalue weighted by molar-refractivity contribution is 6.30. The van der Waals surface area contributed by atoms with Crippen molar-refractivity contribution in [2.24, 2.45) is 5.92 Å². The van der Waals surface area contributed by atoms with Crippen molar-refractivity contribution >= 4 is 17.6 Å². The van der Waals surface area contributed by atoms with E-state index in [2.05, 4.69) is 10.8 Å². The van der Waals surface area contributed by atoms with E-state index in [1.807, 2.05) is 13.8 Å². The Kier molecular flexibility index (Phi) is 6.70. The van der Waals surface area contributed by atoms with E-state index in [9.17, 15) is 14.3 Å². The first kappa shape index (κ1) is 16.7. The fraction of sp³-hybridized carbons (Fsp3) is 0.462. The first-order chi connectivity index (χ1) is 9.40. The van der Waals surface area contributed by atoms with E-state index in [-0.39, 0.29) is 17.5 Å². The van der Waals surface area contributed by atoms with Gasteiger partial charge in [0.25, 0.3) is 0 Å². The van der Waals surface area contributed by atoms with Gasteiger partial charge in [0.15, 0.2) is 0 Å². The van der Waals surface area contributed by atoms with Crippen LogP contribution in [0.15, 0.2) is 18.2 Å². The third kappa shape index (κ3) is 5.73. The van der Waals surface area contributed by atoms with E-state index < -0.39 is 18.0 Å².